The van der Waals surface area contributed by atoms with Crippen LogP contribution in [-0.4, -0.2) is 0 Å². The Morgan fingerprint density at radius 1 is 0.714 bits per heavy atom. The van der Waals surface area contributed by atoms with Crippen molar-refractivity contribution in [1.29, 1.82) is 0 Å². The van der Waals surface area contributed by atoms with E-state index in [-0.39, 0.29) is 0 Å². The lowest BCUT2D eigenvalue weighted by atomic mass is 10.1. The minimum atomic E-state index is 1.02. The molecule has 0 atom stereocenters. The summed E-state index contributed by atoms with van der Waals surface area (Å²) in [6.07, 6.45) is 25.5. The third kappa shape index (κ3) is 6.47. The molecule has 0 spiro atoms. The Morgan fingerprint density at radius 3 is 2.14 bits per heavy atom. The van der Waals surface area contributed by atoms with Gasteiger partial charge in [0.1, 0.15) is 0 Å². The van der Waals surface area contributed by atoms with Gasteiger partial charge in [0.15, 0.2) is 0 Å². The molecular weight excluding hydrogens is 168 g/mol. The lowest BCUT2D eigenvalue weighted by Gasteiger charge is -1.92. The molecule has 0 aromatic heterocycles. The lowest BCUT2D eigenvalue weighted by molar-refractivity contribution is 0.762. The van der Waals surface area contributed by atoms with E-state index in [0.29, 0.717) is 0 Å². The van der Waals surface area contributed by atoms with Crippen molar-refractivity contribution in [3.05, 3.63) is 48.6 Å². The largest absolute Gasteiger partial charge is 0.0845 e. The monoisotopic (exact) mass is 187 g/mol. The first kappa shape index (κ1) is 11.0. The van der Waals surface area contributed by atoms with Crippen molar-refractivity contribution in [1.82, 2.24) is 0 Å². The fourth-order valence-corrected chi connectivity index (χ4v) is 1.36. The average Bonchev–Trinajstić information content (AvgIpc) is 2.22. The Morgan fingerprint density at radius 2 is 1.36 bits per heavy atom. The van der Waals surface area contributed by atoms with Gasteiger partial charge < -0.3 is 0 Å². The van der Waals surface area contributed by atoms with Crippen molar-refractivity contribution >= 4 is 0 Å². The highest BCUT2D eigenvalue weighted by Gasteiger charge is 1.83. The molecule has 75 valence electrons. The van der Waals surface area contributed by atoms with Gasteiger partial charge in [-0.15, -0.1) is 0 Å². The van der Waals surface area contributed by atoms with Crippen LogP contribution in [0.4, 0.5) is 0 Å². The molecule has 0 heteroatoms. The number of hydrogen-bond donors (Lipinski definition) is 0. The minimum absolute atomic E-state index is 1.02. The van der Waals surface area contributed by atoms with Crippen LogP contribution in [0, 0.1) is 6.08 Å². The molecule has 0 aliphatic heterocycles. The zero-order valence-electron chi connectivity index (χ0n) is 8.78. The van der Waals surface area contributed by atoms with Crippen LogP contribution in [-0.2, 0) is 0 Å². The van der Waals surface area contributed by atoms with Crippen LogP contribution in [0.15, 0.2) is 42.5 Å². The van der Waals surface area contributed by atoms with Gasteiger partial charge in [0, 0.05) is 0 Å². The van der Waals surface area contributed by atoms with Gasteiger partial charge in [0.25, 0.3) is 0 Å². The second kappa shape index (κ2) is 8.55. The molecule has 0 aromatic rings. The Kier molecular flexibility index (Phi) is 6.74. The summed E-state index contributed by atoms with van der Waals surface area (Å²) >= 11 is 0. The van der Waals surface area contributed by atoms with Gasteiger partial charge in [-0.3, -0.25) is 0 Å². The van der Waals surface area contributed by atoms with Gasteiger partial charge in [-0.2, -0.15) is 0 Å². The third-order valence-corrected chi connectivity index (χ3v) is 2.18. The van der Waals surface area contributed by atoms with E-state index in [2.05, 4.69) is 42.5 Å². The molecule has 0 heterocycles. The van der Waals surface area contributed by atoms with Gasteiger partial charge in [-0.25, -0.2) is 0 Å². The summed E-state index contributed by atoms with van der Waals surface area (Å²) in [6, 6.07) is 0. The van der Waals surface area contributed by atoms with Crippen molar-refractivity contribution in [3.63, 3.8) is 0 Å². The maximum Gasteiger partial charge on any atom is -0.0241 e. The van der Waals surface area contributed by atoms with Crippen LogP contribution < -0.4 is 0 Å². The van der Waals surface area contributed by atoms with Crippen LogP contribution in [0.3, 0.4) is 0 Å². The summed E-state index contributed by atoms with van der Waals surface area (Å²) < 4.78 is 0. The zero-order chi connectivity index (χ0) is 9.90. The number of rotatable bonds is 0. The molecule has 0 amide bonds. The van der Waals surface area contributed by atoms with Gasteiger partial charge in [0.05, 0.1) is 0 Å². The van der Waals surface area contributed by atoms with E-state index in [4.69, 9.17) is 0 Å². The van der Waals surface area contributed by atoms with Gasteiger partial charge in [-0.05, 0) is 44.6 Å². The Bertz CT molecular complexity index is 202. The molecule has 14 heavy (non-hydrogen) atoms. The zero-order valence-corrected chi connectivity index (χ0v) is 8.78. The van der Waals surface area contributed by atoms with Crippen molar-refractivity contribution in [2.24, 2.45) is 0 Å². The quantitative estimate of drug-likeness (QED) is 0.528. The van der Waals surface area contributed by atoms with Crippen molar-refractivity contribution in [3.8, 4) is 0 Å². The summed E-state index contributed by atoms with van der Waals surface area (Å²) in [4.78, 5) is 0. The van der Waals surface area contributed by atoms with E-state index in [1.54, 1.807) is 0 Å². The summed E-state index contributed by atoms with van der Waals surface area (Å²) in [5, 5.41) is 0. The minimum Gasteiger partial charge on any atom is -0.0845 e. The fourth-order valence-electron chi connectivity index (χ4n) is 1.36. The second-order valence-corrected chi connectivity index (χ2v) is 3.48. The SMILES string of the molecule is [C]1=C/C=C\CCCC/C=C/C=C\CC/1. The highest BCUT2D eigenvalue weighted by atomic mass is 13.9. The normalized spacial score (nSPS) is 28.6. The predicted molar refractivity (Wildman–Crippen MR) is 62.9 cm³/mol. The molecule has 1 aliphatic rings. The predicted octanol–water partition coefficient (Wildman–Crippen LogP) is 4.37. The molecule has 0 bridgehead atoms. The van der Waals surface area contributed by atoms with E-state index in [9.17, 15) is 0 Å². The molecule has 0 saturated heterocycles. The van der Waals surface area contributed by atoms with E-state index < -0.39 is 0 Å². The molecule has 0 unspecified atom stereocenters. The maximum atomic E-state index is 3.25. The second-order valence-electron chi connectivity index (χ2n) is 3.48. The molecule has 0 saturated carbocycles. The molecular formula is C14H19. The van der Waals surface area contributed by atoms with Crippen LogP contribution in [0.5, 0.6) is 0 Å². The summed E-state index contributed by atoms with van der Waals surface area (Å²) in [6.45, 7) is 0. The summed E-state index contributed by atoms with van der Waals surface area (Å²) in [7, 11) is 0. The molecule has 1 aliphatic carbocycles. The van der Waals surface area contributed by atoms with Crippen molar-refractivity contribution in [2.45, 2.75) is 38.5 Å². The Hall–Kier alpha value is -1.04. The van der Waals surface area contributed by atoms with Crippen LogP contribution in [0.2, 0.25) is 0 Å². The van der Waals surface area contributed by atoms with E-state index in [1.807, 2.05) is 6.08 Å². The Balaban J connectivity index is 2.34. The summed E-state index contributed by atoms with van der Waals surface area (Å²) in [5.74, 6) is 0. The van der Waals surface area contributed by atoms with Crippen LogP contribution >= 0.6 is 0 Å². The van der Waals surface area contributed by atoms with Crippen LogP contribution in [0.25, 0.3) is 0 Å². The van der Waals surface area contributed by atoms with Crippen molar-refractivity contribution in [2.75, 3.05) is 0 Å². The first-order chi connectivity index (χ1) is 7.00. The topological polar surface area (TPSA) is 0 Å². The van der Waals surface area contributed by atoms with E-state index in [1.165, 1.54) is 25.7 Å². The first-order valence-electron chi connectivity index (χ1n) is 5.53. The maximum absolute atomic E-state index is 3.25. The van der Waals surface area contributed by atoms with Gasteiger partial charge >= 0.3 is 0 Å². The average molecular weight is 187 g/mol. The van der Waals surface area contributed by atoms with Crippen LogP contribution in [0.1, 0.15) is 38.5 Å². The highest BCUT2D eigenvalue weighted by Crippen LogP contribution is 2.03. The standard InChI is InChI=1S/C14H19/c1-2-4-6-8-10-12-14-13-11-9-7-5-3-1/h1-4,12-14H,5-9,11H2/b3-1+,4-2-,12-10?,14-13-. The Labute approximate surface area is 87.7 Å². The molecule has 0 aromatic carbocycles. The fraction of sp³-hybridized carbons (Fsp3) is 0.429. The van der Waals surface area contributed by atoms with E-state index in [0.717, 1.165) is 12.8 Å². The van der Waals surface area contributed by atoms with Crippen molar-refractivity contribution < 1.29 is 0 Å². The van der Waals surface area contributed by atoms with Gasteiger partial charge in [0.2, 0.25) is 0 Å². The molecule has 0 N–H and O–H groups in total. The number of allylic oxidation sites excluding steroid dienone is 8. The van der Waals surface area contributed by atoms with Gasteiger partial charge in [-0.1, -0.05) is 42.5 Å². The molecule has 0 fully saturated rings. The first-order valence-corrected chi connectivity index (χ1v) is 5.53. The molecule has 1 radical (unpaired) electrons. The lowest BCUT2D eigenvalue weighted by Crippen LogP contribution is -1.72. The summed E-state index contributed by atoms with van der Waals surface area (Å²) in [5.41, 5.74) is 0. The smallest absolute Gasteiger partial charge is 0.0241 e. The van der Waals surface area contributed by atoms with E-state index >= 15 is 0 Å². The highest BCUT2D eigenvalue weighted by molar-refractivity contribution is 5.04. The number of hydrogen-bond acceptors (Lipinski definition) is 0. The molecule has 1 rings (SSSR count). The third-order valence-electron chi connectivity index (χ3n) is 2.18. The molecule has 0 nitrogen and oxygen atoms in total.